The molecule has 0 fully saturated rings. The van der Waals surface area contributed by atoms with E-state index in [0.717, 1.165) is 7.05 Å². The van der Waals surface area contributed by atoms with Crippen LogP contribution in [0, 0.1) is 0 Å². The third-order valence-corrected chi connectivity index (χ3v) is 2.21. The van der Waals surface area contributed by atoms with Crippen LogP contribution in [0.15, 0.2) is 24.3 Å². The van der Waals surface area contributed by atoms with Crippen LogP contribution in [0.1, 0.15) is 0 Å². The van der Waals surface area contributed by atoms with E-state index in [1.54, 1.807) is 0 Å². The van der Waals surface area contributed by atoms with Gasteiger partial charge in [-0.2, -0.15) is 13.2 Å². The Kier molecular flexibility index (Phi) is 5.39. The van der Waals surface area contributed by atoms with Crippen LogP contribution in [0.25, 0.3) is 0 Å². The third-order valence-electron chi connectivity index (χ3n) is 2.21. The minimum atomic E-state index is -4.49. The Morgan fingerprint density at radius 1 is 1.38 bits per heavy atom. The molecule has 0 atom stereocenters. The first-order valence-electron chi connectivity index (χ1n) is 5.71. The summed E-state index contributed by atoms with van der Waals surface area (Å²) in [4.78, 5) is 22.4. The summed E-state index contributed by atoms with van der Waals surface area (Å²) in [5.74, 6) is -0.997. The van der Waals surface area contributed by atoms with Gasteiger partial charge < -0.3 is 20.1 Å². The van der Waals surface area contributed by atoms with Crippen molar-refractivity contribution in [1.82, 2.24) is 4.90 Å². The van der Waals surface area contributed by atoms with Crippen molar-refractivity contribution in [3.8, 4) is 5.75 Å². The molecule has 0 aliphatic heterocycles. The molecule has 0 spiro atoms. The predicted octanol–water partition coefficient (Wildman–Crippen LogP) is 2.18. The zero-order valence-electron chi connectivity index (χ0n) is 11.0. The normalized spacial score (nSPS) is 10.9. The van der Waals surface area contributed by atoms with Crippen LogP contribution in [-0.4, -0.2) is 48.4 Å². The summed E-state index contributed by atoms with van der Waals surface area (Å²) in [6, 6.07) is 4.73. The number of aliphatic carboxylic acids is 1. The van der Waals surface area contributed by atoms with E-state index in [-0.39, 0.29) is 11.4 Å². The van der Waals surface area contributed by atoms with Crippen molar-refractivity contribution >= 4 is 17.7 Å². The lowest BCUT2D eigenvalue weighted by molar-refractivity contribution is -0.139. The second kappa shape index (κ2) is 6.82. The first-order chi connectivity index (χ1) is 9.67. The number of rotatable bonds is 5. The number of halogens is 3. The van der Waals surface area contributed by atoms with Gasteiger partial charge in [0.1, 0.15) is 12.3 Å². The summed E-state index contributed by atoms with van der Waals surface area (Å²) in [5.41, 5.74) is 0.192. The predicted molar refractivity (Wildman–Crippen MR) is 67.3 cm³/mol. The average molecular weight is 306 g/mol. The molecule has 1 aromatic carbocycles. The zero-order valence-corrected chi connectivity index (χ0v) is 11.0. The molecule has 0 aliphatic carbocycles. The van der Waals surface area contributed by atoms with Crippen molar-refractivity contribution in [3.05, 3.63) is 24.3 Å². The van der Waals surface area contributed by atoms with Crippen LogP contribution in [0.4, 0.5) is 23.7 Å². The largest absolute Gasteiger partial charge is 0.482 e. The summed E-state index contributed by atoms with van der Waals surface area (Å²) in [5, 5.41) is 10.7. The molecule has 0 aliphatic rings. The number of hydrogen-bond donors (Lipinski definition) is 2. The molecule has 9 heteroatoms. The van der Waals surface area contributed by atoms with E-state index < -0.39 is 31.3 Å². The molecular formula is C12H13F3N2O4. The maximum Gasteiger partial charge on any atom is 0.406 e. The van der Waals surface area contributed by atoms with Crippen molar-refractivity contribution < 1.29 is 32.6 Å². The van der Waals surface area contributed by atoms with Crippen LogP contribution < -0.4 is 10.1 Å². The maximum atomic E-state index is 12.1. The van der Waals surface area contributed by atoms with Gasteiger partial charge in [0.2, 0.25) is 0 Å². The standard InChI is InChI=1S/C12H13F3N2O4/c1-17(7-12(13,14)15)11(20)16-8-3-2-4-9(5-8)21-6-10(18)19/h2-5H,6-7H2,1H3,(H,16,20)(H,18,19). The number of carboxylic acid groups (broad SMARTS) is 1. The number of hydrogen-bond acceptors (Lipinski definition) is 3. The van der Waals surface area contributed by atoms with E-state index >= 15 is 0 Å². The topological polar surface area (TPSA) is 78.9 Å². The number of nitrogens with one attached hydrogen (secondary N) is 1. The van der Waals surface area contributed by atoms with E-state index in [1.807, 2.05) is 0 Å². The monoisotopic (exact) mass is 306 g/mol. The summed E-state index contributed by atoms with van der Waals surface area (Å²) in [7, 11) is 1.01. The zero-order chi connectivity index (χ0) is 16.0. The van der Waals surface area contributed by atoms with Crippen LogP contribution in [0.2, 0.25) is 0 Å². The Morgan fingerprint density at radius 3 is 2.62 bits per heavy atom. The van der Waals surface area contributed by atoms with Crippen LogP contribution in [0.5, 0.6) is 5.75 Å². The van der Waals surface area contributed by atoms with Crippen LogP contribution in [-0.2, 0) is 4.79 Å². The SMILES string of the molecule is CN(CC(F)(F)F)C(=O)Nc1cccc(OCC(=O)O)c1. The van der Waals surface area contributed by atoms with Gasteiger partial charge in [0, 0.05) is 18.8 Å². The van der Waals surface area contributed by atoms with Gasteiger partial charge in [-0.3, -0.25) is 0 Å². The van der Waals surface area contributed by atoms with Crippen molar-refractivity contribution in [2.45, 2.75) is 6.18 Å². The molecule has 21 heavy (non-hydrogen) atoms. The highest BCUT2D eigenvalue weighted by atomic mass is 19.4. The number of carboxylic acids is 1. The van der Waals surface area contributed by atoms with Crippen LogP contribution >= 0.6 is 0 Å². The van der Waals surface area contributed by atoms with Gasteiger partial charge in [0.25, 0.3) is 0 Å². The van der Waals surface area contributed by atoms with E-state index in [4.69, 9.17) is 9.84 Å². The summed E-state index contributed by atoms with van der Waals surface area (Å²) in [6.07, 6.45) is -4.49. The number of ether oxygens (including phenoxy) is 1. The van der Waals surface area contributed by atoms with Gasteiger partial charge in [-0.25, -0.2) is 9.59 Å². The second-order valence-electron chi connectivity index (χ2n) is 4.11. The lowest BCUT2D eigenvalue weighted by Gasteiger charge is -2.19. The molecule has 0 saturated heterocycles. The van der Waals surface area contributed by atoms with Crippen molar-refractivity contribution in [3.63, 3.8) is 0 Å². The summed E-state index contributed by atoms with van der Waals surface area (Å²) in [6.45, 7) is -1.95. The Labute approximate surface area is 118 Å². The van der Waals surface area contributed by atoms with Crippen molar-refractivity contribution in [2.24, 2.45) is 0 Å². The van der Waals surface area contributed by atoms with E-state index in [1.165, 1.54) is 24.3 Å². The number of anilines is 1. The Hall–Kier alpha value is -2.45. The van der Waals surface area contributed by atoms with Gasteiger partial charge in [-0.05, 0) is 12.1 Å². The van der Waals surface area contributed by atoms with E-state index in [9.17, 15) is 22.8 Å². The molecule has 1 rings (SSSR count). The minimum Gasteiger partial charge on any atom is -0.482 e. The quantitative estimate of drug-likeness (QED) is 0.874. The number of carbonyl (C=O) groups excluding carboxylic acids is 1. The first-order valence-corrected chi connectivity index (χ1v) is 5.71. The number of amides is 2. The average Bonchev–Trinajstić information content (AvgIpc) is 2.34. The molecule has 0 saturated carbocycles. The number of alkyl halides is 3. The lowest BCUT2D eigenvalue weighted by Crippen LogP contribution is -2.38. The van der Waals surface area contributed by atoms with E-state index in [0.29, 0.717) is 4.90 Å². The third kappa shape index (κ3) is 6.50. The van der Waals surface area contributed by atoms with Gasteiger partial charge in [0.15, 0.2) is 6.61 Å². The lowest BCUT2D eigenvalue weighted by atomic mass is 10.3. The molecular weight excluding hydrogens is 293 g/mol. The summed E-state index contributed by atoms with van der Waals surface area (Å²) >= 11 is 0. The molecule has 0 heterocycles. The molecule has 0 unspecified atom stereocenters. The smallest absolute Gasteiger partial charge is 0.406 e. The van der Waals surface area contributed by atoms with Gasteiger partial charge in [0.05, 0.1) is 0 Å². The molecule has 0 bridgehead atoms. The van der Waals surface area contributed by atoms with Crippen molar-refractivity contribution in [2.75, 3.05) is 25.5 Å². The van der Waals surface area contributed by atoms with Gasteiger partial charge in [-0.15, -0.1) is 0 Å². The number of nitrogens with zero attached hydrogens (tertiary/aromatic N) is 1. The number of benzene rings is 1. The molecule has 2 amide bonds. The van der Waals surface area contributed by atoms with Gasteiger partial charge in [-0.1, -0.05) is 6.07 Å². The van der Waals surface area contributed by atoms with E-state index in [2.05, 4.69) is 5.32 Å². The highest BCUT2D eigenvalue weighted by molar-refractivity contribution is 5.89. The fourth-order valence-corrected chi connectivity index (χ4v) is 1.37. The molecule has 1 aromatic rings. The molecule has 0 radical (unpaired) electrons. The number of carbonyl (C=O) groups is 2. The fourth-order valence-electron chi connectivity index (χ4n) is 1.37. The Bertz CT molecular complexity index is 519. The fraction of sp³-hybridized carbons (Fsp3) is 0.333. The van der Waals surface area contributed by atoms with Crippen LogP contribution in [0.3, 0.4) is 0 Å². The second-order valence-corrected chi connectivity index (χ2v) is 4.11. The highest BCUT2D eigenvalue weighted by Crippen LogP contribution is 2.19. The molecule has 0 aromatic heterocycles. The molecule has 6 nitrogen and oxygen atoms in total. The highest BCUT2D eigenvalue weighted by Gasteiger charge is 2.31. The first kappa shape index (κ1) is 16.6. The molecule has 116 valence electrons. The minimum absolute atomic E-state index is 0.175. The number of urea groups is 1. The Morgan fingerprint density at radius 2 is 2.05 bits per heavy atom. The molecule has 2 N–H and O–H groups in total. The summed E-state index contributed by atoms with van der Waals surface area (Å²) < 4.78 is 41.3. The van der Waals surface area contributed by atoms with Crippen molar-refractivity contribution in [1.29, 1.82) is 0 Å². The Balaban J connectivity index is 2.63. The maximum absolute atomic E-state index is 12.1. The van der Waals surface area contributed by atoms with Gasteiger partial charge >= 0.3 is 18.2 Å².